The zero-order chi connectivity index (χ0) is 16.0. The fourth-order valence-electron chi connectivity index (χ4n) is 2.89. The van der Waals surface area contributed by atoms with Crippen LogP contribution in [0.25, 0.3) is 11.0 Å². The van der Waals surface area contributed by atoms with Gasteiger partial charge in [0.25, 0.3) is 5.91 Å². The summed E-state index contributed by atoms with van der Waals surface area (Å²) in [6.45, 7) is -0.219. The number of amides is 1. The molecule has 0 spiro atoms. The molecule has 3 atom stereocenters. The van der Waals surface area contributed by atoms with Crippen molar-refractivity contribution in [1.29, 1.82) is 0 Å². The second kappa shape index (κ2) is 5.59. The topological polar surface area (TPSA) is 107 Å². The molecule has 1 aromatic heterocycles. The van der Waals surface area contributed by atoms with Crippen LogP contribution in [0.3, 0.4) is 0 Å². The second-order valence-electron chi connectivity index (χ2n) is 6.25. The molecule has 7 nitrogen and oxygen atoms in total. The number of H-pyrrole nitrogens is 1. The van der Waals surface area contributed by atoms with Gasteiger partial charge in [-0.1, -0.05) is 0 Å². The Morgan fingerprint density at radius 3 is 2.96 bits per heavy atom. The highest BCUT2D eigenvalue weighted by molar-refractivity contribution is 5.97. The predicted molar refractivity (Wildman–Crippen MR) is 81.9 cm³/mol. The van der Waals surface area contributed by atoms with E-state index in [0.717, 1.165) is 23.9 Å². The molecule has 7 heteroatoms. The van der Waals surface area contributed by atoms with Crippen LogP contribution in [0, 0.1) is 0 Å². The van der Waals surface area contributed by atoms with Gasteiger partial charge in [0.15, 0.2) is 0 Å². The molecule has 4 N–H and O–H groups in total. The number of nitrogens with one attached hydrogen (secondary N) is 2. The Morgan fingerprint density at radius 1 is 1.43 bits per heavy atom. The number of aliphatic hydroxyl groups excluding tert-OH is 2. The molecule has 2 aromatic rings. The van der Waals surface area contributed by atoms with Gasteiger partial charge in [0.2, 0.25) is 0 Å². The van der Waals surface area contributed by atoms with Crippen LogP contribution in [0.15, 0.2) is 18.2 Å². The fraction of sp³-hybridized carbons (Fsp3) is 0.500. The van der Waals surface area contributed by atoms with Crippen LogP contribution >= 0.6 is 0 Å². The van der Waals surface area contributed by atoms with E-state index in [1.165, 1.54) is 0 Å². The van der Waals surface area contributed by atoms with Gasteiger partial charge < -0.3 is 25.3 Å². The number of fused-ring (bicyclic) bond motifs is 1. The Kier molecular flexibility index (Phi) is 3.56. The molecule has 1 aliphatic heterocycles. The molecular weight excluding hydrogens is 298 g/mol. The number of rotatable bonds is 4. The summed E-state index contributed by atoms with van der Waals surface area (Å²) in [5.74, 6) is 0.535. The van der Waals surface area contributed by atoms with Crippen molar-refractivity contribution in [3.63, 3.8) is 0 Å². The number of imidazole rings is 1. The van der Waals surface area contributed by atoms with E-state index in [-0.39, 0.29) is 18.6 Å². The maximum atomic E-state index is 12.1. The summed E-state index contributed by atoms with van der Waals surface area (Å²) in [6, 6.07) is 5.65. The number of hydrogen-bond donors (Lipinski definition) is 4. The maximum absolute atomic E-state index is 12.1. The van der Waals surface area contributed by atoms with Crippen molar-refractivity contribution in [2.45, 2.75) is 43.6 Å². The number of hydrogen-bond acceptors (Lipinski definition) is 5. The maximum Gasteiger partial charge on any atom is 0.251 e. The second-order valence-corrected chi connectivity index (χ2v) is 6.25. The smallest absolute Gasteiger partial charge is 0.251 e. The first kappa shape index (κ1) is 14.6. The summed E-state index contributed by atoms with van der Waals surface area (Å²) in [5, 5.41) is 21.9. The Balaban J connectivity index is 1.57. The minimum Gasteiger partial charge on any atom is -0.394 e. The zero-order valence-electron chi connectivity index (χ0n) is 12.5. The molecule has 0 unspecified atom stereocenters. The molecule has 2 aliphatic rings. The van der Waals surface area contributed by atoms with E-state index in [0.29, 0.717) is 23.9 Å². The van der Waals surface area contributed by atoms with E-state index >= 15 is 0 Å². The summed E-state index contributed by atoms with van der Waals surface area (Å²) < 4.78 is 5.60. The Hall–Kier alpha value is -1.96. The van der Waals surface area contributed by atoms with Crippen LogP contribution in [0.4, 0.5) is 0 Å². The molecular formula is C16H19N3O4. The number of carbonyl (C=O) groups excluding carboxylic acids is 1. The fourth-order valence-corrected chi connectivity index (χ4v) is 2.89. The van der Waals surface area contributed by atoms with Crippen molar-refractivity contribution in [2.75, 3.05) is 6.61 Å². The molecule has 23 heavy (non-hydrogen) atoms. The third-order valence-electron chi connectivity index (χ3n) is 4.38. The van der Waals surface area contributed by atoms with Crippen molar-refractivity contribution in [3.05, 3.63) is 29.6 Å². The summed E-state index contributed by atoms with van der Waals surface area (Å²) in [5.41, 5.74) is 2.10. The highest BCUT2D eigenvalue weighted by Gasteiger charge is 2.35. The molecule has 2 fully saturated rings. The first-order valence-electron chi connectivity index (χ1n) is 7.89. The molecule has 2 heterocycles. The van der Waals surface area contributed by atoms with Gasteiger partial charge in [-0.25, -0.2) is 4.98 Å². The van der Waals surface area contributed by atoms with E-state index in [2.05, 4.69) is 15.3 Å². The van der Waals surface area contributed by atoms with Gasteiger partial charge >= 0.3 is 0 Å². The summed E-state index contributed by atoms with van der Waals surface area (Å²) >= 11 is 0. The van der Waals surface area contributed by atoms with Crippen LogP contribution in [0.5, 0.6) is 0 Å². The average Bonchev–Trinajstić information content (AvgIpc) is 3.12. The molecule has 1 aromatic carbocycles. The van der Waals surface area contributed by atoms with Crippen LogP contribution in [-0.4, -0.2) is 50.9 Å². The SMILES string of the molecule is O=C(NC1CC1)c1ccc2nc([C@H]3C[C@H](O)[C@@H](CO)O3)[nH]c2c1. The highest BCUT2D eigenvalue weighted by atomic mass is 16.5. The quantitative estimate of drug-likeness (QED) is 0.662. The summed E-state index contributed by atoms with van der Waals surface area (Å²) in [4.78, 5) is 19.7. The van der Waals surface area contributed by atoms with Gasteiger partial charge in [0.1, 0.15) is 18.0 Å². The lowest BCUT2D eigenvalue weighted by atomic mass is 10.1. The van der Waals surface area contributed by atoms with E-state index in [1.54, 1.807) is 18.2 Å². The van der Waals surface area contributed by atoms with E-state index in [9.17, 15) is 9.90 Å². The largest absolute Gasteiger partial charge is 0.394 e. The molecule has 4 rings (SSSR count). The number of ether oxygens (including phenoxy) is 1. The van der Waals surface area contributed by atoms with Crippen molar-refractivity contribution >= 4 is 16.9 Å². The molecule has 1 saturated carbocycles. The Labute approximate surface area is 132 Å². The van der Waals surface area contributed by atoms with Gasteiger partial charge in [-0.05, 0) is 31.0 Å². The molecule has 0 bridgehead atoms. The predicted octanol–water partition coefficient (Wildman–Crippen LogP) is 0.638. The number of carbonyl (C=O) groups is 1. The van der Waals surface area contributed by atoms with Gasteiger partial charge in [-0.15, -0.1) is 0 Å². The molecule has 0 radical (unpaired) electrons. The van der Waals surface area contributed by atoms with Gasteiger partial charge in [0, 0.05) is 18.0 Å². The Bertz CT molecular complexity index is 740. The average molecular weight is 317 g/mol. The zero-order valence-corrected chi connectivity index (χ0v) is 12.5. The van der Waals surface area contributed by atoms with Gasteiger partial charge in [-0.3, -0.25) is 4.79 Å². The number of benzene rings is 1. The molecule has 1 amide bonds. The van der Waals surface area contributed by atoms with Crippen molar-refractivity contribution in [2.24, 2.45) is 0 Å². The monoisotopic (exact) mass is 317 g/mol. The lowest BCUT2D eigenvalue weighted by Gasteiger charge is -2.09. The number of aromatic amines is 1. The first-order chi connectivity index (χ1) is 11.1. The number of aliphatic hydroxyl groups is 2. The van der Waals surface area contributed by atoms with Crippen LogP contribution < -0.4 is 5.32 Å². The normalized spacial score (nSPS) is 27.5. The molecule has 122 valence electrons. The van der Waals surface area contributed by atoms with Crippen molar-refractivity contribution in [1.82, 2.24) is 15.3 Å². The number of nitrogens with zero attached hydrogens (tertiary/aromatic N) is 1. The standard InChI is InChI=1S/C16H19N3O4/c20-7-14-12(21)6-13(23-14)15-18-10-4-1-8(5-11(10)19-15)16(22)17-9-2-3-9/h1,4-5,9,12-14,20-21H,2-3,6-7H2,(H,17,22)(H,18,19)/t12-,13+,14+/m0/s1. The third-order valence-corrected chi connectivity index (χ3v) is 4.38. The third kappa shape index (κ3) is 2.83. The molecule has 1 saturated heterocycles. The minimum atomic E-state index is -0.696. The summed E-state index contributed by atoms with van der Waals surface area (Å²) in [6.07, 6.45) is 0.843. The van der Waals surface area contributed by atoms with Crippen LogP contribution in [0.2, 0.25) is 0 Å². The lowest BCUT2D eigenvalue weighted by molar-refractivity contribution is -0.0244. The van der Waals surface area contributed by atoms with E-state index < -0.39 is 12.2 Å². The lowest BCUT2D eigenvalue weighted by Crippen LogP contribution is -2.25. The first-order valence-corrected chi connectivity index (χ1v) is 7.89. The van der Waals surface area contributed by atoms with E-state index in [4.69, 9.17) is 9.84 Å². The minimum absolute atomic E-state index is 0.0709. The van der Waals surface area contributed by atoms with Crippen molar-refractivity contribution in [3.8, 4) is 0 Å². The number of aromatic nitrogens is 2. The van der Waals surface area contributed by atoms with Crippen LogP contribution in [-0.2, 0) is 4.74 Å². The van der Waals surface area contributed by atoms with Crippen molar-refractivity contribution < 1.29 is 19.7 Å². The van der Waals surface area contributed by atoms with Gasteiger partial charge in [-0.2, -0.15) is 0 Å². The molecule has 1 aliphatic carbocycles. The summed E-state index contributed by atoms with van der Waals surface area (Å²) in [7, 11) is 0. The highest BCUT2D eigenvalue weighted by Crippen LogP contribution is 2.32. The van der Waals surface area contributed by atoms with Crippen LogP contribution in [0.1, 0.15) is 41.5 Å². The van der Waals surface area contributed by atoms with Gasteiger partial charge in [0.05, 0.1) is 23.7 Å². The Morgan fingerprint density at radius 2 is 2.26 bits per heavy atom. The van der Waals surface area contributed by atoms with E-state index in [1.807, 2.05) is 0 Å².